The Bertz CT molecular complexity index is 1370. The molecule has 0 amide bonds. The maximum absolute atomic E-state index is 13.6. The van der Waals surface area contributed by atoms with Gasteiger partial charge in [-0.15, -0.1) is 0 Å². The first-order chi connectivity index (χ1) is 27.4. The monoisotopic (exact) mass is 846 g/mol. The highest BCUT2D eigenvalue weighted by Gasteiger charge is 2.64. The van der Waals surface area contributed by atoms with Crippen molar-refractivity contribution in [2.75, 3.05) is 19.8 Å². The van der Waals surface area contributed by atoms with Gasteiger partial charge in [0.05, 0.1) is 0 Å². The van der Waals surface area contributed by atoms with Crippen molar-refractivity contribution in [3.05, 3.63) is 0 Å². The third-order valence-electron chi connectivity index (χ3n) is 8.90. The van der Waals surface area contributed by atoms with Gasteiger partial charge in [0.25, 0.3) is 0 Å². The van der Waals surface area contributed by atoms with Crippen LogP contribution in [0.2, 0.25) is 0 Å². The summed E-state index contributed by atoms with van der Waals surface area (Å²) in [5, 5.41) is 22.7. The summed E-state index contributed by atoms with van der Waals surface area (Å²) in [6, 6.07) is 0. The highest BCUT2D eigenvalue weighted by Crippen LogP contribution is 2.41. The predicted molar refractivity (Wildman–Crippen MR) is 209 cm³/mol. The highest BCUT2D eigenvalue weighted by atomic mass is 16.8. The average Bonchev–Trinajstić information content (AvgIpc) is 3.34. The maximum atomic E-state index is 13.6. The molecule has 2 N–H and O–H groups in total. The Balaban J connectivity index is 2.83. The van der Waals surface area contributed by atoms with Crippen molar-refractivity contribution in [3.8, 4) is 0 Å². The first-order valence-corrected chi connectivity index (χ1v) is 20.8. The molecule has 0 aromatic carbocycles. The normalized spacial score (nSPS) is 27.1. The predicted octanol–water partition coefficient (Wildman–Crippen LogP) is 4.19. The molecule has 9 unspecified atom stereocenters. The van der Waals surface area contributed by atoms with Crippen molar-refractivity contribution in [3.63, 3.8) is 0 Å². The number of esters is 6. The molecule has 0 spiro atoms. The minimum absolute atomic E-state index is 0.0362. The van der Waals surface area contributed by atoms with Crippen LogP contribution in [0.5, 0.6) is 0 Å². The number of ether oxygens (including phenoxy) is 9. The van der Waals surface area contributed by atoms with Gasteiger partial charge in [-0.2, -0.15) is 0 Å². The molecule has 0 aromatic heterocycles. The van der Waals surface area contributed by atoms with E-state index < -0.39 is 110 Å². The van der Waals surface area contributed by atoms with Crippen LogP contribution in [0.3, 0.4) is 0 Å². The zero-order chi connectivity index (χ0) is 44.8. The Hall–Kier alpha value is -3.38. The van der Waals surface area contributed by atoms with Crippen molar-refractivity contribution >= 4 is 35.8 Å². The van der Waals surface area contributed by atoms with E-state index in [1.54, 1.807) is 55.4 Å². The van der Waals surface area contributed by atoms with Crippen molar-refractivity contribution in [1.82, 2.24) is 0 Å². The number of hydrogen-bond acceptors (Lipinski definition) is 17. The molecule has 0 bridgehead atoms. The molecule has 2 rings (SSSR count). The van der Waals surface area contributed by atoms with Gasteiger partial charge in [-0.1, -0.05) is 83.1 Å². The van der Waals surface area contributed by atoms with Crippen LogP contribution >= 0.6 is 0 Å². The molecule has 2 aliphatic rings. The molecule has 2 heterocycles. The highest BCUT2D eigenvalue weighted by molar-refractivity contribution is 5.72. The Morgan fingerprint density at radius 1 is 0.492 bits per heavy atom. The lowest BCUT2D eigenvalue weighted by atomic mass is 9.98. The summed E-state index contributed by atoms with van der Waals surface area (Å²) in [4.78, 5) is 78.6. The van der Waals surface area contributed by atoms with Gasteiger partial charge in [-0.3, -0.25) is 28.8 Å². The minimum atomic E-state index is -2.47. The lowest BCUT2D eigenvalue weighted by Crippen LogP contribution is -2.64. The van der Waals surface area contributed by atoms with E-state index in [0.717, 1.165) is 0 Å². The quantitative estimate of drug-likeness (QED) is 0.109. The molecule has 2 saturated heterocycles. The van der Waals surface area contributed by atoms with Gasteiger partial charge < -0.3 is 52.8 Å². The Morgan fingerprint density at radius 3 is 1.31 bits per heavy atom. The summed E-state index contributed by atoms with van der Waals surface area (Å²) in [5.74, 6) is -7.53. The number of hydrogen-bond donors (Lipinski definition) is 2. The van der Waals surface area contributed by atoms with Gasteiger partial charge in [0.2, 0.25) is 12.1 Å². The number of rotatable bonds is 23. The van der Waals surface area contributed by atoms with Gasteiger partial charge >= 0.3 is 35.8 Å². The summed E-state index contributed by atoms with van der Waals surface area (Å²) < 4.78 is 53.4. The SMILES string of the molecule is CC(C)CC(=O)OCC1OC(OC2(COC(=O)CC(C)C)OC(COC(=O)CC(C)C)C(OC(=O)CC(C)C)C2OC(=O)CC(C)C)C(OC(=O)CC(C)C)C(O)C1O. The van der Waals surface area contributed by atoms with Crippen LogP contribution < -0.4 is 0 Å². The maximum Gasteiger partial charge on any atom is 0.306 e. The first-order valence-electron chi connectivity index (χ1n) is 20.8. The third-order valence-corrected chi connectivity index (χ3v) is 8.90. The van der Waals surface area contributed by atoms with Gasteiger partial charge in [-0.05, 0) is 35.5 Å². The van der Waals surface area contributed by atoms with Crippen LogP contribution in [0, 0.1) is 35.5 Å². The Labute approximate surface area is 348 Å². The van der Waals surface area contributed by atoms with Crippen LogP contribution in [0.4, 0.5) is 0 Å². The van der Waals surface area contributed by atoms with Crippen molar-refractivity contribution in [1.29, 1.82) is 0 Å². The number of aliphatic hydroxyl groups excluding tert-OH is 2. The summed E-state index contributed by atoms with van der Waals surface area (Å²) in [6.45, 7) is 19.5. The summed E-state index contributed by atoms with van der Waals surface area (Å²) in [7, 11) is 0. The molecule has 2 fully saturated rings. The van der Waals surface area contributed by atoms with Crippen LogP contribution in [-0.2, 0) is 71.4 Å². The second-order valence-corrected chi connectivity index (χ2v) is 18.0. The van der Waals surface area contributed by atoms with E-state index in [0.29, 0.717) is 0 Å². The summed E-state index contributed by atoms with van der Waals surface area (Å²) in [5.41, 5.74) is 0. The topological polar surface area (TPSA) is 226 Å². The average molecular weight is 847 g/mol. The molecule has 17 nitrogen and oxygen atoms in total. The lowest BCUT2D eigenvalue weighted by molar-refractivity contribution is -0.384. The zero-order valence-corrected chi connectivity index (χ0v) is 37.0. The van der Waals surface area contributed by atoms with E-state index in [2.05, 4.69) is 0 Å². The van der Waals surface area contributed by atoms with Crippen LogP contribution in [-0.4, -0.2) is 121 Å². The standard InChI is InChI=1S/C42H70O17/c1-22(2)13-30(43)51-19-28-36(49)37(50)39(56-34(47)17-26(9)10)41(54-28)59-42(21-53-32(45)15-24(5)6)40(57-35(48)18-27(11)12)38(55-33(46)16-25(7)8)29(58-42)20-52-31(44)14-23(3)4/h22-29,36-41,49-50H,13-21H2,1-12H3. The third kappa shape index (κ3) is 17.6. The molecule has 0 saturated carbocycles. The number of carbonyl (C=O) groups is 6. The number of aliphatic hydroxyl groups is 2. The van der Waals surface area contributed by atoms with Gasteiger partial charge in [0.1, 0.15) is 44.2 Å². The van der Waals surface area contributed by atoms with Gasteiger partial charge in [0.15, 0.2) is 18.3 Å². The molecule has 59 heavy (non-hydrogen) atoms. The van der Waals surface area contributed by atoms with Crippen LogP contribution in [0.25, 0.3) is 0 Å². The van der Waals surface area contributed by atoms with E-state index in [1.807, 2.05) is 27.7 Å². The van der Waals surface area contributed by atoms with Crippen LogP contribution in [0.15, 0.2) is 0 Å². The second kappa shape index (κ2) is 24.2. The summed E-state index contributed by atoms with van der Waals surface area (Å²) in [6.07, 6.45) is -13.8. The molecule has 0 aliphatic carbocycles. The van der Waals surface area contributed by atoms with Gasteiger partial charge in [0, 0.05) is 38.5 Å². The van der Waals surface area contributed by atoms with E-state index in [-0.39, 0.29) is 74.0 Å². The molecule has 0 aromatic rings. The van der Waals surface area contributed by atoms with E-state index >= 15 is 0 Å². The van der Waals surface area contributed by atoms with Crippen LogP contribution in [0.1, 0.15) is 122 Å². The molecular formula is C42H70O17. The first kappa shape index (κ1) is 51.8. The zero-order valence-electron chi connectivity index (χ0n) is 37.0. The van der Waals surface area contributed by atoms with E-state index in [1.165, 1.54) is 0 Å². The molecule has 2 aliphatic heterocycles. The fourth-order valence-electron chi connectivity index (χ4n) is 6.26. The fraction of sp³-hybridized carbons (Fsp3) is 0.857. The number of carbonyl (C=O) groups excluding carboxylic acids is 6. The molecule has 9 atom stereocenters. The van der Waals surface area contributed by atoms with Crippen molar-refractivity contribution in [2.45, 2.75) is 176 Å². The molecular weight excluding hydrogens is 776 g/mol. The molecule has 340 valence electrons. The Morgan fingerprint density at radius 2 is 0.864 bits per heavy atom. The minimum Gasteiger partial charge on any atom is -0.463 e. The lowest BCUT2D eigenvalue weighted by Gasteiger charge is -2.45. The summed E-state index contributed by atoms with van der Waals surface area (Å²) >= 11 is 0. The fourth-order valence-corrected chi connectivity index (χ4v) is 6.26. The van der Waals surface area contributed by atoms with Crippen molar-refractivity contribution < 1.29 is 81.6 Å². The molecule has 0 radical (unpaired) electrons. The second-order valence-electron chi connectivity index (χ2n) is 18.0. The Kier molecular flexibility index (Phi) is 21.2. The van der Waals surface area contributed by atoms with E-state index in [9.17, 15) is 39.0 Å². The molecule has 17 heteroatoms. The van der Waals surface area contributed by atoms with Gasteiger partial charge in [-0.25, -0.2) is 0 Å². The van der Waals surface area contributed by atoms with Crippen molar-refractivity contribution in [2.24, 2.45) is 35.5 Å². The largest absolute Gasteiger partial charge is 0.463 e. The van der Waals surface area contributed by atoms with E-state index in [4.69, 9.17) is 42.6 Å². The smallest absolute Gasteiger partial charge is 0.306 e.